The van der Waals surface area contributed by atoms with Crippen LogP contribution in [0.1, 0.15) is 10.4 Å². The van der Waals surface area contributed by atoms with E-state index in [-0.39, 0.29) is 5.91 Å². The van der Waals surface area contributed by atoms with Crippen LogP contribution in [0.15, 0.2) is 36.5 Å². The highest BCUT2D eigenvalue weighted by atomic mass is 127. The first-order chi connectivity index (χ1) is 9.10. The zero-order valence-electron chi connectivity index (χ0n) is 10.1. The van der Waals surface area contributed by atoms with Gasteiger partial charge in [0.25, 0.3) is 5.91 Å². The molecule has 0 unspecified atom stereocenters. The number of hydrogen-bond donors (Lipinski definition) is 2. The molecule has 1 aromatic carbocycles. The molecule has 0 bridgehead atoms. The largest absolute Gasteiger partial charge is 0.373 e. The molecule has 2 rings (SSSR count). The van der Waals surface area contributed by atoms with Gasteiger partial charge in [-0.3, -0.25) is 4.79 Å². The number of aromatic nitrogens is 1. The molecule has 0 saturated heterocycles. The third-order valence-corrected chi connectivity index (χ3v) is 3.44. The Morgan fingerprint density at radius 2 is 2.11 bits per heavy atom. The summed E-state index contributed by atoms with van der Waals surface area (Å²) in [4.78, 5) is 16.2. The molecular weight excluding hydrogens is 377 g/mol. The number of pyridine rings is 1. The lowest BCUT2D eigenvalue weighted by Gasteiger charge is -2.08. The third kappa shape index (κ3) is 3.57. The average Bonchev–Trinajstić information content (AvgIpc) is 2.42. The maximum absolute atomic E-state index is 12.1. The smallest absolute Gasteiger partial charge is 0.255 e. The first kappa shape index (κ1) is 14.1. The quantitative estimate of drug-likeness (QED) is 0.791. The van der Waals surface area contributed by atoms with Crippen molar-refractivity contribution in [2.75, 3.05) is 17.7 Å². The van der Waals surface area contributed by atoms with Gasteiger partial charge >= 0.3 is 0 Å². The van der Waals surface area contributed by atoms with Crippen molar-refractivity contribution in [2.24, 2.45) is 0 Å². The van der Waals surface area contributed by atoms with Crippen LogP contribution < -0.4 is 10.6 Å². The fourth-order valence-electron chi connectivity index (χ4n) is 1.49. The molecule has 1 aromatic heterocycles. The summed E-state index contributed by atoms with van der Waals surface area (Å²) in [5.41, 5.74) is 1.11. The second-order valence-corrected chi connectivity index (χ2v) is 5.41. The van der Waals surface area contributed by atoms with Crippen molar-refractivity contribution in [3.05, 3.63) is 50.7 Å². The molecule has 6 heteroatoms. The molecule has 0 spiro atoms. The number of carbonyl (C=O) groups excluding carboxylic acids is 1. The Morgan fingerprint density at radius 3 is 2.79 bits per heavy atom. The second-order valence-electron chi connectivity index (χ2n) is 3.76. The molecule has 19 heavy (non-hydrogen) atoms. The van der Waals surface area contributed by atoms with Gasteiger partial charge in [0.15, 0.2) is 0 Å². The Balaban J connectivity index is 2.20. The summed E-state index contributed by atoms with van der Waals surface area (Å²) < 4.78 is 1.02. The number of nitrogens with zero attached hydrogens (tertiary/aromatic N) is 1. The summed E-state index contributed by atoms with van der Waals surface area (Å²) in [5.74, 6) is 0.420. The first-order valence-electron chi connectivity index (χ1n) is 5.50. The number of rotatable bonds is 3. The van der Waals surface area contributed by atoms with E-state index in [0.717, 1.165) is 3.57 Å². The number of hydrogen-bond acceptors (Lipinski definition) is 3. The van der Waals surface area contributed by atoms with E-state index in [1.54, 1.807) is 37.5 Å². The highest BCUT2D eigenvalue weighted by Gasteiger charge is 2.09. The van der Waals surface area contributed by atoms with Crippen molar-refractivity contribution < 1.29 is 4.79 Å². The van der Waals surface area contributed by atoms with Gasteiger partial charge in [-0.15, -0.1) is 0 Å². The van der Waals surface area contributed by atoms with Gasteiger partial charge in [-0.25, -0.2) is 4.98 Å². The van der Waals surface area contributed by atoms with Gasteiger partial charge in [-0.2, -0.15) is 0 Å². The van der Waals surface area contributed by atoms with Crippen LogP contribution in [0, 0.1) is 3.57 Å². The van der Waals surface area contributed by atoms with E-state index in [1.807, 2.05) is 6.07 Å². The molecule has 2 N–H and O–H groups in total. The molecule has 98 valence electrons. The number of halogens is 2. The summed E-state index contributed by atoms with van der Waals surface area (Å²) in [5, 5.41) is 6.18. The standard InChI is InChI=1S/C13H11ClIN3O/c1-16-12-6-8(4-5-17-12)13(19)18-11-3-2-9(15)7-10(11)14/h2-7H,1H3,(H,16,17)(H,18,19). The zero-order chi connectivity index (χ0) is 13.8. The predicted molar refractivity (Wildman–Crippen MR) is 85.9 cm³/mol. The lowest BCUT2D eigenvalue weighted by molar-refractivity contribution is 0.102. The summed E-state index contributed by atoms with van der Waals surface area (Å²) in [6.07, 6.45) is 1.58. The van der Waals surface area contributed by atoms with Crippen LogP contribution in [0.4, 0.5) is 11.5 Å². The van der Waals surface area contributed by atoms with E-state index in [0.29, 0.717) is 22.1 Å². The van der Waals surface area contributed by atoms with Crippen molar-refractivity contribution in [3.63, 3.8) is 0 Å². The van der Waals surface area contributed by atoms with Crippen LogP contribution in [0.25, 0.3) is 0 Å². The summed E-state index contributed by atoms with van der Waals surface area (Å²) in [6.45, 7) is 0. The summed E-state index contributed by atoms with van der Waals surface area (Å²) in [6, 6.07) is 8.78. The van der Waals surface area contributed by atoms with Gasteiger partial charge in [0.1, 0.15) is 5.82 Å². The van der Waals surface area contributed by atoms with Gasteiger partial charge in [0.2, 0.25) is 0 Å². The lowest BCUT2D eigenvalue weighted by Crippen LogP contribution is -2.12. The molecule has 0 aliphatic heterocycles. The van der Waals surface area contributed by atoms with Crippen LogP contribution in [0.2, 0.25) is 5.02 Å². The summed E-state index contributed by atoms with van der Waals surface area (Å²) in [7, 11) is 1.75. The minimum Gasteiger partial charge on any atom is -0.373 e. The minimum atomic E-state index is -0.220. The number of amides is 1. The van der Waals surface area contributed by atoms with Crippen LogP contribution >= 0.6 is 34.2 Å². The van der Waals surface area contributed by atoms with Crippen LogP contribution in [-0.4, -0.2) is 17.9 Å². The summed E-state index contributed by atoms with van der Waals surface area (Å²) >= 11 is 8.24. The predicted octanol–water partition coefficient (Wildman–Crippen LogP) is 3.63. The van der Waals surface area contributed by atoms with Crippen molar-refractivity contribution in [3.8, 4) is 0 Å². The van der Waals surface area contributed by atoms with E-state index in [2.05, 4.69) is 38.2 Å². The zero-order valence-corrected chi connectivity index (χ0v) is 13.0. The van der Waals surface area contributed by atoms with Gasteiger partial charge < -0.3 is 10.6 Å². The van der Waals surface area contributed by atoms with Gasteiger partial charge in [-0.05, 0) is 52.9 Å². The fraction of sp³-hybridized carbons (Fsp3) is 0.0769. The van der Waals surface area contributed by atoms with Crippen molar-refractivity contribution in [1.29, 1.82) is 0 Å². The van der Waals surface area contributed by atoms with E-state index >= 15 is 0 Å². The Morgan fingerprint density at radius 1 is 1.32 bits per heavy atom. The van der Waals surface area contributed by atoms with Crippen molar-refractivity contribution >= 4 is 51.6 Å². The molecular formula is C13H11ClIN3O. The van der Waals surface area contributed by atoms with E-state index < -0.39 is 0 Å². The SMILES string of the molecule is CNc1cc(C(=O)Nc2ccc(I)cc2Cl)ccn1. The molecule has 0 aliphatic carbocycles. The van der Waals surface area contributed by atoms with Gasteiger partial charge in [-0.1, -0.05) is 11.6 Å². The lowest BCUT2D eigenvalue weighted by atomic mass is 10.2. The molecule has 0 saturated carbocycles. The molecule has 0 atom stereocenters. The monoisotopic (exact) mass is 387 g/mol. The molecule has 2 aromatic rings. The number of anilines is 2. The molecule has 1 heterocycles. The van der Waals surface area contributed by atoms with Crippen LogP contribution in [0.3, 0.4) is 0 Å². The highest BCUT2D eigenvalue weighted by molar-refractivity contribution is 14.1. The number of carbonyl (C=O) groups is 1. The van der Waals surface area contributed by atoms with Crippen molar-refractivity contribution in [2.45, 2.75) is 0 Å². The average molecular weight is 388 g/mol. The van der Waals surface area contributed by atoms with E-state index in [9.17, 15) is 4.79 Å². The van der Waals surface area contributed by atoms with Crippen molar-refractivity contribution in [1.82, 2.24) is 4.98 Å². The Bertz CT molecular complexity index is 619. The molecule has 1 amide bonds. The number of nitrogens with one attached hydrogen (secondary N) is 2. The number of benzene rings is 1. The molecule has 0 radical (unpaired) electrons. The van der Waals surface area contributed by atoms with Crippen LogP contribution in [-0.2, 0) is 0 Å². The van der Waals surface area contributed by atoms with Gasteiger partial charge in [0.05, 0.1) is 10.7 Å². The normalized spacial score (nSPS) is 10.1. The van der Waals surface area contributed by atoms with Gasteiger partial charge in [0, 0.05) is 22.4 Å². The first-order valence-corrected chi connectivity index (χ1v) is 6.96. The molecule has 0 aliphatic rings. The second kappa shape index (κ2) is 6.21. The molecule has 0 fully saturated rings. The van der Waals surface area contributed by atoms with E-state index in [4.69, 9.17) is 11.6 Å². The molecule has 4 nitrogen and oxygen atoms in total. The highest BCUT2D eigenvalue weighted by Crippen LogP contribution is 2.24. The Kier molecular flexibility index (Phi) is 4.60. The minimum absolute atomic E-state index is 0.220. The topological polar surface area (TPSA) is 54.0 Å². The van der Waals surface area contributed by atoms with Crippen LogP contribution in [0.5, 0.6) is 0 Å². The Labute approximate surface area is 129 Å². The maximum Gasteiger partial charge on any atom is 0.255 e. The fourth-order valence-corrected chi connectivity index (χ4v) is 2.40. The third-order valence-electron chi connectivity index (χ3n) is 2.46. The maximum atomic E-state index is 12.1. The van der Waals surface area contributed by atoms with E-state index in [1.165, 1.54) is 0 Å². The Hall–Kier alpha value is -1.34.